The maximum Gasteiger partial charge on any atom is 0.307 e. The highest BCUT2D eigenvalue weighted by atomic mass is 16.4. The second-order valence-corrected chi connectivity index (χ2v) is 5.40. The molecule has 2 rings (SSSR count). The first-order chi connectivity index (χ1) is 9.08. The first-order valence-electron chi connectivity index (χ1n) is 6.88. The van der Waals surface area contributed by atoms with Gasteiger partial charge in [-0.1, -0.05) is 12.8 Å². The van der Waals surface area contributed by atoms with E-state index in [4.69, 9.17) is 5.11 Å². The van der Waals surface area contributed by atoms with Crippen LogP contribution in [-0.2, 0) is 14.4 Å². The van der Waals surface area contributed by atoms with E-state index in [0.29, 0.717) is 12.8 Å². The van der Waals surface area contributed by atoms with E-state index in [9.17, 15) is 14.4 Å². The van der Waals surface area contributed by atoms with Crippen molar-refractivity contribution in [3.63, 3.8) is 0 Å². The average molecular weight is 268 g/mol. The summed E-state index contributed by atoms with van der Waals surface area (Å²) in [6.45, 7) is -0.0574. The van der Waals surface area contributed by atoms with Crippen LogP contribution in [0.5, 0.6) is 0 Å². The van der Waals surface area contributed by atoms with Gasteiger partial charge in [0.25, 0.3) is 0 Å². The van der Waals surface area contributed by atoms with Crippen LogP contribution < -0.4 is 10.6 Å². The van der Waals surface area contributed by atoms with Crippen LogP contribution in [0.3, 0.4) is 0 Å². The van der Waals surface area contributed by atoms with Gasteiger partial charge in [-0.25, -0.2) is 0 Å². The van der Waals surface area contributed by atoms with E-state index >= 15 is 0 Å². The van der Waals surface area contributed by atoms with Gasteiger partial charge in [0.15, 0.2) is 0 Å². The first-order valence-corrected chi connectivity index (χ1v) is 6.88. The van der Waals surface area contributed by atoms with Gasteiger partial charge in [-0.05, 0) is 25.7 Å². The number of aliphatic carboxylic acids is 1. The number of carbonyl (C=O) groups excluding carboxylic acids is 2. The Labute approximate surface area is 111 Å². The van der Waals surface area contributed by atoms with Gasteiger partial charge in [-0.15, -0.1) is 0 Å². The molecule has 0 spiro atoms. The molecule has 2 atom stereocenters. The molecule has 6 nitrogen and oxygen atoms in total. The highest BCUT2D eigenvalue weighted by Gasteiger charge is 2.35. The van der Waals surface area contributed by atoms with Gasteiger partial charge in [0.1, 0.15) is 0 Å². The van der Waals surface area contributed by atoms with Crippen molar-refractivity contribution < 1.29 is 19.5 Å². The largest absolute Gasteiger partial charge is 0.481 e. The number of amides is 2. The summed E-state index contributed by atoms with van der Waals surface area (Å²) in [6, 6.07) is 0.269. The van der Waals surface area contributed by atoms with Gasteiger partial charge in [-0.2, -0.15) is 0 Å². The Morgan fingerprint density at radius 3 is 2.21 bits per heavy atom. The molecule has 0 aromatic rings. The molecule has 2 aliphatic rings. The predicted molar refractivity (Wildman–Crippen MR) is 67.3 cm³/mol. The third-order valence-electron chi connectivity index (χ3n) is 3.79. The smallest absolute Gasteiger partial charge is 0.307 e. The normalized spacial score (nSPS) is 26.5. The molecule has 2 unspecified atom stereocenters. The van der Waals surface area contributed by atoms with Crippen LogP contribution in [0.4, 0.5) is 0 Å². The summed E-state index contributed by atoms with van der Waals surface area (Å²) in [4.78, 5) is 34.5. The van der Waals surface area contributed by atoms with Crippen LogP contribution in [0.15, 0.2) is 0 Å². The summed E-state index contributed by atoms with van der Waals surface area (Å²) in [7, 11) is 0. The average Bonchev–Trinajstić information content (AvgIpc) is 3.19. The minimum atomic E-state index is -0.915. The van der Waals surface area contributed by atoms with Crippen molar-refractivity contribution in [2.75, 3.05) is 6.54 Å². The SMILES string of the molecule is O=C(CNC(=O)C1CCCCC1C(=O)O)NC1CC1. The minimum Gasteiger partial charge on any atom is -0.481 e. The van der Waals surface area contributed by atoms with Crippen LogP contribution in [0.25, 0.3) is 0 Å². The minimum absolute atomic E-state index is 0.0574. The summed E-state index contributed by atoms with van der Waals surface area (Å²) in [5.41, 5.74) is 0. The lowest BCUT2D eigenvalue weighted by Crippen LogP contribution is -2.44. The predicted octanol–water partition coefficient (Wildman–Crippen LogP) is 0.272. The fraction of sp³-hybridized carbons (Fsp3) is 0.769. The number of hydrogen-bond acceptors (Lipinski definition) is 3. The number of rotatable bonds is 5. The van der Waals surface area contributed by atoms with Gasteiger partial charge in [0.05, 0.1) is 18.4 Å². The molecule has 106 valence electrons. The molecule has 0 radical (unpaired) electrons. The van der Waals surface area contributed by atoms with Crippen LogP contribution in [-0.4, -0.2) is 35.5 Å². The number of carbonyl (C=O) groups is 3. The molecular weight excluding hydrogens is 248 g/mol. The van der Waals surface area contributed by atoms with Gasteiger partial charge in [-0.3, -0.25) is 14.4 Å². The zero-order valence-electron chi connectivity index (χ0n) is 10.9. The Morgan fingerprint density at radius 2 is 1.63 bits per heavy atom. The van der Waals surface area contributed by atoms with E-state index in [2.05, 4.69) is 10.6 Å². The van der Waals surface area contributed by atoms with Gasteiger partial charge in [0, 0.05) is 6.04 Å². The maximum atomic E-state index is 12.0. The summed E-state index contributed by atoms with van der Waals surface area (Å²) < 4.78 is 0. The molecule has 2 fully saturated rings. The summed E-state index contributed by atoms with van der Waals surface area (Å²) in [5, 5.41) is 14.4. The second kappa shape index (κ2) is 6.04. The molecule has 2 saturated carbocycles. The topological polar surface area (TPSA) is 95.5 Å². The fourth-order valence-corrected chi connectivity index (χ4v) is 2.55. The Bertz CT molecular complexity index is 379. The number of nitrogens with one attached hydrogen (secondary N) is 2. The molecular formula is C13H20N2O4. The molecule has 19 heavy (non-hydrogen) atoms. The van der Waals surface area contributed by atoms with Crippen molar-refractivity contribution in [3.05, 3.63) is 0 Å². The van der Waals surface area contributed by atoms with Crippen LogP contribution in [0.1, 0.15) is 38.5 Å². The van der Waals surface area contributed by atoms with Crippen molar-refractivity contribution in [1.82, 2.24) is 10.6 Å². The first kappa shape index (κ1) is 13.8. The molecule has 0 bridgehead atoms. The van der Waals surface area contributed by atoms with E-state index in [-0.39, 0.29) is 24.4 Å². The number of carboxylic acid groups (broad SMARTS) is 1. The molecule has 0 aromatic heterocycles. The van der Waals surface area contributed by atoms with E-state index in [1.807, 2.05) is 0 Å². The van der Waals surface area contributed by atoms with Crippen LogP contribution in [0.2, 0.25) is 0 Å². The molecule has 2 amide bonds. The Morgan fingerprint density at radius 1 is 1.00 bits per heavy atom. The summed E-state index contributed by atoms with van der Waals surface area (Å²) >= 11 is 0. The number of hydrogen-bond donors (Lipinski definition) is 3. The van der Waals surface area contributed by atoms with E-state index in [1.54, 1.807) is 0 Å². The standard InChI is InChI=1S/C13H20N2O4/c16-11(15-8-5-6-8)7-14-12(17)9-3-1-2-4-10(9)13(18)19/h8-10H,1-7H2,(H,14,17)(H,15,16)(H,18,19). The molecule has 0 aromatic carbocycles. The van der Waals surface area contributed by atoms with Crippen molar-refractivity contribution in [3.8, 4) is 0 Å². The van der Waals surface area contributed by atoms with E-state index in [0.717, 1.165) is 25.7 Å². The molecule has 6 heteroatoms. The van der Waals surface area contributed by atoms with Crippen molar-refractivity contribution in [2.24, 2.45) is 11.8 Å². The number of carboxylic acids is 1. The van der Waals surface area contributed by atoms with Crippen LogP contribution >= 0.6 is 0 Å². The van der Waals surface area contributed by atoms with Crippen molar-refractivity contribution in [2.45, 2.75) is 44.6 Å². The van der Waals surface area contributed by atoms with Gasteiger partial charge in [0.2, 0.25) is 11.8 Å². The Balaban J connectivity index is 1.79. The van der Waals surface area contributed by atoms with E-state index < -0.39 is 17.8 Å². The third-order valence-corrected chi connectivity index (χ3v) is 3.79. The van der Waals surface area contributed by atoms with Gasteiger partial charge < -0.3 is 15.7 Å². The van der Waals surface area contributed by atoms with Crippen molar-refractivity contribution in [1.29, 1.82) is 0 Å². The molecule has 2 aliphatic carbocycles. The molecule has 3 N–H and O–H groups in total. The lowest BCUT2D eigenvalue weighted by molar-refractivity contribution is -0.149. The summed E-state index contributed by atoms with van der Waals surface area (Å²) in [5.74, 6) is -2.53. The zero-order chi connectivity index (χ0) is 13.8. The monoisotopic (exact) mass is 268 g/mol. The highest BCUT2D eigenvalue weighted by molar-refractivity contribution is 5.88. The Kier molecular flexibility index (Phi) is 4.39. The lowest BCUT2D eigenvalue weighted by atomic mass is 9.79. The van der Waals surface area contributed by atoms with E-state index in [1.165, 1.54) is 0 Å². The summed E-state index contributed by atoms with van der Waals surface area (Å²) in [6.07, 6.45) is 4.86. The zero-order valence-corrected chi connectivity index (χ0v) is 10.9. The maximum absolute atomic E-state index is 12.0. The van der Waals surface area contributed by atoms with Gasteiger partial charge >= 0.3 is 5.97 Å². The molecule has 0 saturated heterocycles. The Hall–Kier alpha value is -1.59. The highest BCUT2D eigenvalue weighted by Crippen LogP contribution is 2.30. The molecule has 0 heterocycles. The second-order valence-electron chi connectivity index (χ2n) is 5.40. The fourth-order valence-electron chi connectivity index (χ4n) is 2.55. The lowest BCUT2D eigenvalue weighted by Gasteiger charge is -2.27. The quantitative estimate of drug-likeness (QED) is 0.667. The third kappa shape index (κ3) is 3.94. The van der Waals surface area contributed by atoms with Crippen molar-refractivity contribution >= 4 is 17.8 Å². The van der Waals surface area contributed by atoms with Crippen LogP contribution in [0, 0.1) is 11.8 Å². The molecule has 0 aliphatic heterocycles.